The van der Waals surface area contributed by atoms with E-state index >= 15 is 0 Å². The first-order valence-corrected chi connectivity index (χ1v) is 9.87. The fraction of sp³-hybridized carbons (Fsp3) is 0.857. The van der Waals surface area contributed by atoms with E-state index in [-0.39, 0.29) is 34.7 Å². The van der Waals surface area contributed by atoms with Gasteiger partial charge in [-0.25, -0.2) is 0 Å². The second kappa shape index (κ2) is 5.41. The normalized spacial score (nSPS) is 52.1. The summed E-state index contributed by atoms with van der Waals surface area (Å²) in [7, 11) is 0. The van der Waals surface area contributed by atoms with E-state index in [1.807, 2.05) is 13.0 Å². The number of rotatable bonds is 1. The second-order valence-corrected chi connectivity index (χ2v) is 9.59. The van der Waals surface area contributed by atoms with Gasteiger partial charge in [-0.3, -0.25) is 4.79 Å². The van der Waals surface area contributed by atoms with Crippen molar-refractivity contribution >= 4 is 5.78 Å². The number of fused-ring (bicyclic) bond motifs is 5. The van der Waals surface area contributed by atoms with Crippen molar-refractivity contribution < 1.29 is 15.0 Å². The van der Waals surface area contributed by atoms with Crippen LogP contribution in [0.2, 0.25) is 0 Å². The van der Waals surface area contributed by atoms with E-state index in [1.165, 1.54) is 12.0 Å². The van der Waals surface area contributed by atoms with Crippen molar-refractivity contribution in [2.24, 2.45) is 34.5 Å². The van der Waals surface area contributed by atoms with E-state index in [0.29, 0.717) is 24.2 Å². The Morgan fingerprint density at radius 2 is 1.96 bits per heavy atom. The lowest BCUT2D eigenvalue weighted by molar-refractivity contribution is -0.140. The Kier molecular flexibility index (Phi) is 3.78. The highest BCUT2D eigenvalue weighted by Gasteiger charge is 2.62. The molecule has 24 heavy (non-hydrogen) atoms. The van der Waals surface area contributed by atoms with Crippen LogP contribution in [-0.4, -0.2) is 28.2 Å². The molecule has 3 saturated carbocycles. The minimum atomic E-state index is -0.308. The first-order chi connectivity index (χ1) is 11.3. The largest absolute Gasteiger partial charge is 0.393 e. The molecule has 134 valence electrons. The Balaban J connectivity index is 1.71. The van der Waals surface area contributed by atoms with Crippen molar-refractivity contribution in [3.8, 4) is 0 Å². The summed E-state index contributed by atoms with van der Waals surface area (Å²) in [5.41, 5.74) is 1.37. The third-order valence-electron chi connectivity index (χ3n) is 8.55. The minimum Gasteiger partial charge on any atom is -0.393 e. The lowest BCUT2D eigenvalue weighted by atomic mass is 9.46. The molecule has 0 aromatic heterocycles. The van der Waals surface area contributed by atoms with Gasteiger partial charge in [0, 0.05) is 6.42 Å². The lowest BCUT2D eigenvalue weighted by Gasteiger charge is -2.60. The maximum absolute atomic E-state index is 11.9. The Hall–Kier alpha value is -0.670. The number of ketones is 1. The summed E-state index contributed by atoms with van der Waals surface area (Å²) in [5.74, 6) is 2.03. The lowest BCUT2D eigenvalue weighted by Crippen LogP contribution is -2.57. The topological polar surface area (TPSA) is 57.5 Å². The van der Waals surface area contributed by atoms with Gasteiger partial charge in [0.2, 0.25) is 0 Å². The fourth-order valence-corrected chi connectivity index (χ4v) is 7.52. The standard InChI is InChI=1S/C21H32O3/c1-12(22)16-6-7-17-15-5-4-13-10-14(23)8-9-20(13,2)19(15)18(24)11-21(16,17)3/h10,12,15-19,22,24H,4-9,11H2,1-3H3/t12-,15+,16-,17+,18-,19-,20-,21-/m0/s1. The van der Waals surface area contributed by atoms with E-state index in [9.17, 15) is 15.0 Å². The molecule has 0 saturated heterocycles. The molecule has 0 amide bonds. The van der Waals surface area contributed by atoms with Crippen LogP contribution in [0.25, 0.3) is 0 Å². The second-order valence-electron chi connectivity index (χ2n) is 9.59. The summed E-state index contributed by atoms with van der Waals surface area (Å²) in [4.78, 5) is 11.9. The molecule has 0 heterocycles. The van der Waals surface area contributed by atoms with E-state index in [1.54, 1.807) is 0 Å². The molecule has 3 heteroatoms. The quantitative estimate of drug-likeness (QED) is 0.773. The van der Waals surface area contributed by atoms with Crippen molar-refractivity contribution in [1.82, 2.24) is 0 Å². The van der Waals surface area contributed by atoms with Crippen LogP contribution in [-0.2, 0) is 4.79 Å². The highest BCUT2D eigenvalue weighted by Crippen LogP contribution is 2.66. The average molecular weight is 332 g/mol. The van der Waals surface area contributed by atoms with Crippen LogP contribution in [0.15, 0.2) is 11.6 Å². The molecule has 4 rings (SSSR count). The monoisotopic (exact) mass is 332 g/mol. The number of hydrogen-bond acceptors (Lipinski definition) is 3. The van der Waals surface area contributed by atoms with E-state index in [2.05, 4.69) is 13.8 Å². The van der Waals surface area contributed by atoms with Crippen LogP contribution in [0.1, 0.15) is 65.7 Å². The third kappa shape index (κ3) is 2.13. The minimum absolute atomic E-state index is 0.000487. The molecule has 3 fully saturated rings. The summed E-state index contributed by atoms with van der Waals surface area (Å²) in [5, 5.41) is 21.5. The van der Waals surface area contributed by atoms with Crippen molar-refractivity contribution in [3.05, 3.63) is 11.6 Å². The predicted octanol–water partition coefficient (Wildman–Crippen LogP) is 3.49. The van der Waals surface area contributed by atoms with Crippen LogP contribution in [0, 0.1) is 34.5 Å². The van der Waals surface area contributed by atoms with Gasteiger partial charge in [-0.2, -0.15) is 0 Å². The molecule has 0 aliphatic heterocycles. The number of aliphatic hydroxyl groups is 2. The van der Waals surface area contributed by atoms with E-state index in [4.69, 9.17) is 0 Å². The third-order valence-corrected chi connectivity index (χ3v) is 8.55. The Morgan fingerprint density at radius 1 is 1.21 bits per heavy atom. The molecule has 3 nitrogen and oxygen atoms in total. The summed E-state index contributed by atoms with van der Waals surface area (Å²) in [6.07, 6.45) is 8.04. The molecule has 0 aromatic carbocycles. The first kappa shape index (κ1) is 16.8. The number of aliphatic hydroxyl groups excluding tert-OH is 2. The summed E-state index contributed by atoms with van der Waals surface area (Å²) >= 11 is 0. The zero-order valence-electron chi connectivity index (χ0n) is 15.3. The van der Waals surface area contributed by atoms with Crippen LogP contribution < -0.4 is 0 Å². The molecule has 8 atom stereocenters. The van der Waals surface area contributed by atoms with Gasteiger partial charge < -0.3 is 10.2 Å². The zero-order chi connectivity index (χ0) is 17.3. The summed E-state index contributed by atoms with van der Waals surface area (Å²) < 4.78 is 0. The van der Waals surface area contributed by atoms with Crippen LogP contribution in [0.3, 0.4) is 0 Å². The van der Waals surface area contributed by atoms with E-state index in [0.717, 1.165) is 32.1 Å². The molecule has 4 aliphatic carbocycles. The highest BCUT2D eigenvalue weighted by atomic mass is 16.3. The molecule has 0 aromatic rings. The highest BCUT2D eigenvalue weighted by molar-refractivity contribution is 5.91. The van der Waals surface area contributed by atoms with Gasteiger partial charge in [-0.1, -0.05) is 19.4 Å². The van der Waals surface area contributed by atoms with Gasteiger partial charge in [0.05, 0.1) is 12.2 Å². The summed E-state index contributed by atoms with van der Waals surface area (Å²) in [6.45, 7) is 6.54. The molecule has 2 N–H and O–H groups in total. The smallest absolute Gasteiger partial charge is 0.155 e. The molecular weight excluding hydrogens is 300 g/mol. The fourth-order valence-electron chi connectivity index (χ4n) is 7.52. The number of carbonyl (C=O) groups excluding carboxylic acids is 1. The van der Waals surface area contributed by atoms with Crippen molar-refractivity contribution in [2.45, 2.75) is 77.9 Å². The van der Waals surface area contributed by atoms with Gasteiger partial charge in [-0.15, -0.1) is 0 Å². The molecule has 0 bridgehead atoms. The number of hydrogen-bond donors (Lipinski definition) is 2. The van der Waals surface area contributed by atoms with E-state index < -0.39 is 0 Å². The van der Waals surface area contributed by atoms with Gasteiger partial charge in [0.25, 0.3) is 0 Å². The maximum Gasteiger partial charge on any atom is 0.155 e. The molecular formula is C21H32O3. The van der Waals surface area contributed by atoms with Crippen molar-refractivity contribution in [3.63, 3.8) is 0 Å². The average Bonchev–Trinajstić information content (AvgIpc) is 2.84. The van der Waals surface area contributed by atoms with Crippen molar-refractivity contribution in [1.29, 1.82) is 0 Å². The molecule has 0 radical (unpaired) electrons. The maximum atomic E-state index is 11.9. The Bertz CT molecular complexity index is 580. The Labute approximate surface area is 145 Å². The van der Waals surface area contributed by atoms with Crippen molar-refractivity contribution in [2.75, 3.05) is 0 Å². The van der Waals surface area contributed by atoms with Crippen LogP contribution in [0.5, 0.6) is 0 Å². The molecule has 0 spiro atoms. The SMILES string of the molecule is C[C@H](O)[C@@H]1CC[C@@H]2[C@H]3CCC4=CC(=O)CC[C@]4(C)[C@@H]3[C@@H](O)C[C@]21C. The van der Waals surface area contributed by atoms with Gasteiger partial charge in [0.1, 0.15) is 0 Å². The number of allylic oxidation sites excluding steroid dienone is 1. The van der Waals surface area contributed by atoms with Gasteiger partial charge in [-0.05, 0) is 86.0 Å². The predicted molar refractivity (Wildman–Crippen MR) is 93.3 cm³/mol. The summed E-state index contributed by atoms with van der Waals surface area (Å²) in [6, 6.07) is 0. The Morgan fingerprint density at radius 3 is 2.67 bits per heavy atom. The van der Waals surface area contributed by atoms with Crippen LogP contribution in [0.4, 0.5) is 0 Å². The van der Waals surface area contributed by atoms with Crippen LogP contribution >= 0.6 is 0 Å². The number of carbonyl (C=O) groups is 1. The molecule has 4 aliphatic rings. The van der Waals surface area contributed by atoms with Gasteiger partial charge >= 0.3 is 0 Å². The first-order valence-electron chi connectivity index (χ1n) is 9.87. The zero-order valence-corrected chi connectivity index (χ0v) is 15.3. The molecule has 0 unspecified atom stereocenters. The van der Waals surface area contributed by atoms with Gasteiger partial charge in [0.15, 0.2) is 5.78 Å².